The molecule has 0 aliphatic carbocycles. The fraction of sp³-hybridized carbons (Fsp3) is 0.950. The van der Waals surface area contributed by atoms with E-state index in [0.717, 1.165) is 38.5 Å². The molecule has 0 fully saturated rings. The van der Waals surface area contributed by atoms with Crippen LogP contribution < -0.4 is 5.73 Å². The Morgan fingerprint density at radius 2 is 0.902 bits per heavy atom. The molecule has 0 bridgehead atoms. The molecule has 0 saturated carbocycles. The first-order chi connectivity index (χ1) is 24.7. The summed E-state index contributed by atoms with van der Waals surface area (Å²) in [6.45, 7) is 3.88. The van der Waals surface area contributed by atoms with Crippen molar-refractivity contribution in [2.75, 3.05) is 26.4 Å². The van der Waals surface area contributed by atoms with E-state index < -0.39 is 45.1 Å². The molecule has 0 heterocycles. The van der Waals surface area contributed by atoms with E-state index in [1.165, 1.54) is 148 Å². The molecular weight excluding hydrogens is 669 g/mol. The highest BCUT2D eigenvalue weighted by atomic mass is 31.2. The number of unbranched alkanes of at least 4 members (excludes halogenated alkanes) is 27. The zero-order chi connectivity index (χ0) is 37.7. The molecule has 304 valence electrons. The van der Waals surface area contributed by atoms with Crippen molar-refractivity contribution >= 4 is 19.8 Å². The van der Waals surface area contributed by atoms with Crippen molar-refractivity contribution < 1.29 is 42.7 Å². The first kappa shape index (κ1) is 50.0. The van der Waals surface area contributed by atoms with Crippen molar-refractivity contribution in [2.45, 2.75) is 219 Å². The van der Waals surface area contributed by atoms with Crippen LogP contribution in [-0.2, 0) is 32.7 Å². The lowest BCUT2D eigenvalue weighted by molar-refractivity contribution is -0.154. The highest BCUT2D eigenvalue weighted by molar-refractivity contribution is 7.47. The molecule has 10 nitrogen and oxygen atoms in total. The number of phosphoric acid groups is 1. The standard InChI is InChI=1S/C40H80NO9P/c1-3-5-7-9-11-13-14-15-16-17-18-19-20-21-22-23-24-25-26-28-30-32-39(42)50-37(34-47-33-31-29-27-12-10-8-6-4-2)35-48-51(45,46)49-36-38(41)40(43)44/h37-38H,3-36,41H2,1-2H3,(H,43,44)(H,45,46). The van der Waals surface area contributed by atoms with Crippen LogP contribution in [0.3, 0.4) is 0 Å². The van der Waals surface area contributed by atoms with Crippen molar-refractivity contribution in [2.24, 2.45) is 5.73 Å². The second kappa shape index (κ2) is 37.3. The number of carbonyl (C=O) groups is 2. The van der Waals surface area contributed by atoms with Gasteiger partial charge in [-0.2, -0.15) is 0 Å². The number of rotatable bonds is 41. The van der Waals surface area contributed by atoms with Crippen LogP contribution in [0.2, 0.25) is 0 Å². The first-order valence-electron chi connectivity index (χ1n) is 21.1. The zero-order valence-corrected chi connectivity index (χ0v) is 33.9. The third-order valence-electron chi connectivity index (χ3n) is 9.39. The maximum absolute atomic E-state index is 12.6. The van der Waals surface area contributed by atoms with E-state index in [2.05, 4.69) is 13.8 Å². The predicted octanol–water partition coefficient (Wildman–Crippen LogP) is 11.2. The van der Waals surface area contributed by atoms with Crippen LogP contribution in [0.15, 0.2) is 0 Å². The van der Waals surface area contributed by atoms with E-state index in [9.17, 15) is 19.0 Å². The van der Waals surface area contributed by atoms with Gasteiger partial charge in [0.1, 0.15) is 12.1 Å². The number of ether oxygens (including phenoxy) is 2. The number of carboxylic acids is 1. The average Bonchev–Trinajstić information content (AvgIpc) is 3.10. The Morgan fingerprint density at radius 3 is 1.29 bits per heavy atom. The SMILES string of the molecule is CCCCCCCCCCCCCCCCCCCCCCCC(=O)OC(COCCCCCCCCCC)COP(=O)(O)OCC(N)C(=O)O. The molecule has 0 aromatic carbocycles. The lowest BCUT2D eigenvalue weighted by Crippen LogP contribution is -2.34. The van der Waals surface area contributed by atoms with Crippen molar-refractivity contribution in [3.8, 4) is 0 Å². The Labute approximate surface area is 312 Å². The van der Waals surface area contributed by atoms with E-state index >= 15 is 0 Å². The largest absolute Gasteiger partial charge is 0.480 e. The number of carbonyl (C=O) groups excluding carboxylic acids is 1. The smallest absolute Gasteiger partial charge is 0.472 e. The van der Waals surface area contributed by atoms with Crippen LogP contribution >= 0.6 is 7.82 Å². The van der Waals surface area contributed by atoms with Crippen LogP contribution in [-0.4, -0.2) is 60.5 Å². The number of esters is 1. The minimum atomic E-state index is -4.60. The van der Waals surface area contributed by atoms with E-state index in [4.69, 9.17) is 29.4 Å². The van der Waals surface area contributed by atoms with Gasteiger partial charge in [0.15, 0.2) is 0 Å². The first-order valence-corrected chi connectivity index (χ1v) is 22.6. The molecular formula is C40H80NO9P. The fourth-order valence-corrected chi connectivity index (χ4v) is 6.85. The van der Waals surface area contributed by atoms with Crippen molar-refractivity contribution in [3.63, 3.8) is 0 Å². The average molecular weight is 750 g/mol. The zero-order valence-electron chi connectivity index (χ0n) is 33.0. The van der Waals surface area contributed by atoms with Gasteiger partial charge in [-0.25, -0.2) is 4.57 Å². The summed E-state index contributed by atoms with van der Waals surface area (Å²) in [5.74, 6) is -1.77. The summed E-state index contributed by atoms with van der Waals surface area (Å²) < 4.78 is 33.2. The monoisotopic (exact) mass is 750 g/mol. The highest BCUT2D eigenvalue weighted by Gasteiger charge is 2.27. The molecule has 0 spiro atoms. The molecule has 0 radical (unpaired) electrons. The Kier molecular flexibility index (Phi) is 36.5. The van der Waals surface area contributed by atoms with Crippen molar-refractivity contribution in [1.29, 1.82) is 0 Å². The summed E-state index contributed by atoms with van der Waals surface area (Å²) in [5.41, 5.74) is 5.34. The Bertz CT molecular complexity index is 832. The second-order valence-electron chi connectivity index (χ2n) is 14.5. The summed E-state index contributed by atoms with van der Waals surface area (Å²) in [4.78, 5) is 33.4. The van der Waals surface area contributed by atoms with E-state index in [-0.39, 0.29) is 13.0 Å². The van der Waals surface area contributed by atoms with Crippen molar-refractivity contribution in [1.82, 2.24) is 0 Å². The second-order valence-corrected chi connectivity index (χ2v) is 15.9. The summed E-state index contributed by atoms with van der Waals surface area (Å²) in [5, 5.41) is 8.86. The minimum Gasteiger partial charge on any atom is -0.480 e. The van der Waals surface area contributed by atoms with E-state index in [0.29, 0.717) is 6.61 Å². The number of nitrogens with two attached hydrogens (primary N) is 1. The van der Waals surface area contributed by atoms with Gasteiger partial charge in [-0.3, -0.25) is 18.6 Å². The molecule has 3 atom stereocenters. The molecule has 0 aromatic rings. The van der Waals surface area contributed by atoms with Gasteiger partial charge in [-0.05, 0) is 12.8 Å². The Hall–Kier alpha value is -1.03. The number of aliphatic carboxylic acids is 1. The highest BCUT2D eigenvalue weighted by Crippen LogP contribution is 2.43. The van der Waals surface area contributed by atoms with Gasteiger partial charge in [-0.15, -0.1) is 0 Å². The molecule has 0 aromatic heterocycles. The third kappa shape index (κ3) is 37.1. The predicted molar refractivity (Wildman–Crippen MR) is 208 cm³/mol. The Morgan fingerprint density at radius 1 is 0.549 bits per heavy atom. The Balaban J connectivity index is 4.05. The van der Waals surface area contributed by atoms with Crippen LogP contribution in [0.25, 0.3) is 0 Å². The molecule has 4 N–H and O–H groups in total. The normalized spacial score (nSPS) is 14.0. The van der Waals surface area contributed by atoms with Crippen molar-refractivity contribution in [3.05, 3.63) is 0 Å². The van der Waals surface area contributed by atoms with Crippen LogP contribution in [0.5, 0.6) is 0 Å². The number of hydrogen-bond donors (Lipinski definition) is 3. The molecule has 0 rings (SSSR count). The van der Waals surface area contributed by atoms with E-state index in [1.54, 1.807) is 0 Å². The quantitative estimate of drug-likeness (QED) is 0.0312. The topological polar surface area (TPSA) is 155 Å². The third-order valence-corrected chi connectivity index (χ3v) is 10.3. The lowest BCUT2D eigenvalue weighted by Gasteiger charge is -2.20. The molecule has 0 aliphatic rings. The molecule has 51 heavy (non-hydrogen) atoms. The number of hydrogen-bond acceptors (Lipinski definition) is 8. The summed E-state index contributed by atoms with van der Waals surface area (Å²) in [6.07, 6.45) is 36.0. The summed E-state index contributed by atoms with van der Waals surface area (Å²) in [7, 11) is -4.60. The molecule has 0 saturated heterocycles. The molecule has 0 aliphatic heterocycles. The number of phosphoric ester groups is 1. The van der Waals surface area contributed by atoms with Crippen LogP contribution in [0, 0.1) is 0 Å². The minimum absolute atomic E-state index is 0.0240. The maximum Gasteiger partial charge on any atom is 0.472 e. The van der Waals surface area contributed by atoms with E-state index in [1.807, 2.05) is 0 Å². The summed E-state index contributed by atoms with van der Waals surface area (Å²) >= 11 is 0. The van der Waals surface area contributed by atoms with Gasteiger partial charge in [0.2, 0.25) is 0 Å². The van der Waals surface area contributed by atoms with Gasteiger partial charge < -0.3 is 25.2 Å². The number of carboxylic acid groups (broad SMARTS) is 1. The summed E-state index contributed by atoms with van der Waals surface area (Å²) in [6, 6.07) is -1.47. The molecule has 0 amide bonds. The maximum atomic E-state index is 12.6. The van der Waals surface area contributed by atoms with Crippen LogP contribution in [0.4, 0.5) is 0 Å². The van der Waals surface area contributed by atoms with Gasteiger partial charge in [-0.1, -0.05) is 187 Å². The molecule has 3 unspecified atom stereocenters. The van der Waals surface area contributed by atoms with Gasteiger partial charge >= 0.3 is 19.8 Å². The molecule has 11 heteroatoms. The van der Waals surface area contributed by atoms with Gasteiger partial charge in [0.05, 0.1) is 19.8 Å². The van der Waals surface area contributed by atoms with Gasteiger partial charge in [0.25, 0.3) is 0 Å². The van der Waals surface area contributed by atoms with Crippen LogP contribution in [0.1, 0.15) is 206 Å². The lowest BCUT2D eigenvalue weighted by atomic mass is 10.0. The fourth-order valence-electron chi connectivity index (χ4n) is 6.08. The van der Waals surface area contributed by atoms with Gasteiger partial charge in [0, 0.05) is 13.0 Å².